The van der Waals surface area contributed by atoms with E-state index in [4.69, 9.17) is 23.2 Å². The highest BCUT2D eigenvalue weighted by Gasteiger charge is 2.29. The minimum absolute atomic E-state index is 0.106. The third-order valence-electron chi connectivity index (χ3n) is 4.28. The maximum atomic E-state index is 6.39. The number of hydrogen-bond donors (Lipinski definition) is 0. The number of benzene rings is 1. The van der Waals surface area contributed by atoms with E-state index < -0.39 is 0 Å². The van der Waals surface area contributed by atoms with Crippen LogP contribution in [0.4, 0.5) is 0 Å². The fraction of sp³-hybridized carbons (Fsp3) is 0.533. The number of imidazole rings is 1. The molecule has 1 aliphatic carbocycles. The summed E-state index contributed by atoms with van der Waals surface area (Å²) in [6.07, 6.45) is 3.92. The summed E-state index contributed by atoms with van der Waals surface area (Å²) in [6, 6.07) is 6.29. The van der Waals surface area contributed by atoms with Gasteiger partial charge in [-0.3, -0.25) is 0 Å². The van der Waals surface area contributed by atoms with E-state index in [1.54, 1.807) is 0 Å². The highest BCUT2D eigenvalue weighted by molar-refractivity contribution is 6.35. The molecule has 1 aromatic heterocycles. The Kier molecular flexibility index (Phi) is 3.48. The summed E-state index contributed by atoms with van der Waals surface area (Å²) in [4.78, 5) is 4.68. The molecule has 3 rings (SSSR count). The maximum absolute atomic E-state index is 6.39. The molecule has 1 saturated carbocycles. The smallest absolute Gasteiger partial charge is 0.128 e. The molecule has 2 nitrogen and oxygen atoms in total. The predicted molar refractivity (Wildman–Crippen MR) is 81.1 cm³/mol. The Morgan fingerprint density at radius 1 is 1.32 bits per heavy atom. The lowest BCUT2D eigenvalue weighted by Gasteiger charge is -2.33. The van der Waals surface area contributed by atoms with Crippen LogP contribution in [0.5, 0.6) is 0 Å². The second-order valence-electron chi connectivity index (χ2n) is 5.50. The van der Waals surface area contributed by atoms with Crippen LogP contribution in [0.2, 0.25) is 5.02 Å². The molecule has 102 valence electrons. The van der Waals surface area contributed by atoms with Gasteiger partial charge in [0.15, 0.2) is 0 Å². The zero-order valence-corrected chi connectivity index (χ0v) is 12.7. The number of nitrogens with zero attached hydrogens (tertiary/aromatic N) is 2. The van der Waals surface area contributed by atoms with Gasteiger partial charge in [-0.15, -0.1) is 11.6 Å². The zero-order valence-electron chi connectivity index (χ0n) is 11.2. The number of alkyl halides is 1. The summed E-state index contributed by atoms with van der Waals surface area (Å²) in [6.45, 7) is 4.23. The van der Waals surface area contributed by atoms with E-state index in [1.807, 2.05) is 25.1 Å². The molecule has 1 aromatic carbocycles. The molecule has 0 radical (unpaired) electrons. The summed E-state index contributed by atoms with van der Waals surface area (Å²) in [5.74, 6) is 1.66. The molecule has 2 unspecified atom stereocenters. The molecule has 19 heavy (non-hydrogen) atoms. The molecular formula is C15H18Cl2N2. The summed E-state index contributed by atoms with van der Waals surface area (Å²) in [5.41, 5.74) is 1.98. The van der Waals surface area contributed by atoms with Gasteiger partial charge in [-0.05, 0) is 44.7 Å². The van der Waals surface area contributed by atoms with Crippen LogP contribution in [0.3, 0.4) is 0 Å². The fourth-order valence-corrected chi connectivity index (χ4v) is 3.36. The van der Waals surface area contributed by atoms with Crippen molar-refractivity contribution in [3.8, 4) is 0 Å². The van der Waals surface area contributed by atoms with E-state index in [1.165, 1.54) is 19.3 Å². The summed E-state index contributed by atoms with van der Waals surface area (Å²) >= 11 is 12.7. The van der Waals surface area contributed by atoms with Gasteiger partial charge >= 0.3 is 0 Å². The van der Waals surface area contributed by atoms with Crippen LogP contribution >= 0.6 is 23.2 Å². The van der Waals surface area contributed by atoms with E-state index in [9.17, 15) is 0 Å². The van der Waals surface area contributed by atoms with Gasteiger partial charge in [0.25, 0.3) is 0 Å². The Balaban J connectivity index is 2.20. The first-order valence-electron chi connectivity index (χ1n) is 6.90. The Morgan fingerprint density at radius 3 is 2.63 bits per heavy atom. The van der Waals surface area contributed by atoms with Gasteiger partial charge in [-0.25, -0.2) is 4.98 Å². The number of hydrogen-bond acceptors (Lipinski definition) is 1. The van der Waals surface area contributed by atoms with Gasteiger partial charge in [0.1, 0.15) is 5.82 Å². The van der Waals surface area contributed by atoms with Crippen molar-refractivity contribution in [3.05, 3.63) is 29.0 Å². The van der Waals surface area contributed by atoms with Crippen LogP contribution in [-0.2, 0) is 0 Å². The second kappa shape index (κ2) is 4.99. The van der Waals surface area contributed by atoms with Gasteiger partial charge in [0, 0.05) is 6.04 Å². The van der Waals surface area contributed by atoms with Crippen LogP contribution in [0.1, 0.15) is 50.4 Å². The van der Waals surface area contributed by atoms with Crippen LogP contribution < -0.4 is 0 Å². The van der Waals surface area contributed by atoms with E-state index in [2.05, 4.69) is 16.5 Å². The lowest BCUT2D eigenvalue weighted by molar-refractivity contribution is 0.223. The highest BCUT2D eigenvalue weighted by Crippen LogP contribution is 2.40. The van der Waals surface area contributed by atoms with E-state index in [0.717, 1.165) is 27.8 Å². The number of para-hydroxylation sites is 1. The van der Waals surface area contributed by atoms with Crippen molar-refractivity contribution in [1.29, 1.82) is 0 Å². The van der Waals surface area contributed by atoms with Crippen molar-refractivity contribution in [2.45, 2.75) is 44.5 Å². The highest BCUT2D eigenvalue weighted by atomic mass is 35.5. The molecule has 0 bridgehead atoms. The molecule has 1 aliphatic rings. The maximum Gasteiger partial charge on any atom is 0.128 e. The van der Waals surface area contributed by atoms with Crippen LogP contribution in [-0.4, -0.2) is 9.55 Å². The Labute approximate surface area is 123 Å². The molecule has 0 N–H and O–H groups in total. The molecule has 0 spiro atoms. The quantitative estimate of drug-likeness (QED) is 0.698. The normalized spacial score (nSPS) is 19.4. The van der Waals surface area contributed by atoms with Crippen molar-refractivity contribution in [1.82, 2.24) is 9.55 Å². The van der Waals surface area contributed by atoms with Crippen molar-refractivity contribution >= 4 is 34.2 Å². The van der Waals surface area contributed by atoms with Crippen LogP contribution in [0.25, 0.3) is 11.0 Å². The predicted octanol–water partition coefficient (Wildman–Crippen LogP) is 5.35. The molecule has 0 amide bonds. The van der Waals surface area contributed by atoms with Crippen molar-refractivity contribution in [3.63, 3.8) is 0 Å². The minimum Gasteiger partial charge on any atom is -0.322 e. The van der Waals surface area contributed by atoms with E-state index >= 15 is 0 Å². The topological polar surface area (TPSA) is 17.8 Å². The molecule has 0 saturated heterocycles. The van der Waals surface area contributed by atoms with E-state index in [-0.39, 0.29) is 5.38 Å². The van der Waals surface area contributed by atoms with E-state index in [0.29, 0.717) is 6.04 Å². The number of aromatic nitrogens is 2. The Hall–Kier alpha value is -0.730. The van der Waals surface area contributed by atoms with Crippen LogP contribution in [0.15, 0.2) is 18.2 Å². The first-order chi connectivity index (χ1) is 9.09. The average molecular weight is 297 g/mol. The first kappa shape index (κ1) is 13.3. The van der Waals surface area contributed by atoms with Gasteiger partial charge < -0.3 is 4.57 Å². The summed E-state index contributed by atoms with van der Waals surface area (Å²) < 4.78 is 2.26. The third-order valence-corrected chi connectivity index (χ3v) is 4.78. The standard InChI is InChI=1S/C15H18Cl2N2/c1-9(16)15-18-13-8-4-7-12(17)14(13)19(15)10(2)11-5-3-6-11/h4,7-11H,3,5-6H2,1-2H3. The molecule has 0 aliphatic heterocycles. The summed E-state index contributed by atoms with van der Waals surface area (Å²) in [7, 11) is 0. The van der Waals surface area contributed by atoms with Crippen molar-refractivity contribution in [2.24, 2.45) is 5.92 Å². The zero-order chi connectivity index (χ0) is 13.6. The Bertz CT molecular complexity index is 599. The minimum atomic E-state index is -0.106. The number of halogens is 2. The lowest BCUT2D eigenvalue weighted by Crippen LogP contribution is -2.24. The molecule has 2 aromatic rings. The van der Waals surface area contributed by atoms with Gasteiger partial charge in [-0.1, -0.05) is 24.1 Å². The first-order valence-corrected chi connectivity index (χ1v) is 7.71. The van der Waals surface area contributed by atoms with Crippen molar-refractivity contribution < 1.29 is 0 Å². The third kappa shape index (κ3) is 2.15. The lowest BCUT2D eigenvalue weighted by atomic mass is 9.80. The van der Waals surface area contributed by atoms with Crippen molar-refractivity contribution in [2.75, 3.05) is 0 Å². The molecule has 1 heterocycles. The van der Waals surface area contributed by atoms with Gasteiger partial charge in [-0.2, -0.15) is 0 Å². The Morgan fingerprint density at radius 2 is 2.05 bits per heavy atom. The second-order valence-corrected chi connectivity index (χ2v) is 6.56. The molecule has 4 heteroatoms. The largest absolute Gasteiger partial charge is 0.322 e. The molecule has 2 atom stereocenters. The summed E-state index contributed by atoms with van der Waals surface area (Å²) in [5, 5.41) is 0.658. The average Bonchev–Trinajstić information content (AvgIpc) is 2.67. The molecular weight excluding hydrogens is 279 g/mol. The SMILES string of the molecule is CC(Cl)c1nc2cccc(Cl)c2n1C(C)C1CCC1. The molecule has 1 fully saturated rings. The van der Waals surface area contributed by atoms with Crippen LogP contribution in [0, 0.1) is 5.92 Å². The monoisotopic (exact) mass is 296 g/mol. The number of fused-ring (bicyclic) bond motifs is 1. The van der Waals surface area contributed by atoms with Gasteiger partial charge in [0.05, 0.1) is 21.4 Å². The fourth-order valence-electron chi connectivity index (χ4n) is 2.95. The van der Waals surface area contributed by atoms with Gasteiger partial charge in [0.2, 0.25) is 0 Å². The number of rotatable bonds is 3.